The van der Waals surface area contributed by atoms with Crippen molar-refractivity contribution in [1.29, 1.82) is 0 Å². The average molecular weight is 294 g/mol. The Morgan fingerprint density at radius 2 is 2.18 bits per heavy atom. The SMILES string of the molecule is O=S(=O)(Nc1ncns1)c1ccc(F)c(Cl)c1. The lowest BCUT2D eigenvalue weighted by atomic mass is 10.3. The fourth-order valence-electron chi connectivity index (χ4n) is 1.04. The van der Waals surface area contributed by atoms with Gasteiger partial charge in [-0.25, -0.2) is 17.8 Å². The number of rotatable bonds is 3. The molecule has 9 heteroatoms. The van der Waals surface area contributed by atoms with E-state index in [9.17, 15) is 12.8 Å². The van der Waals surface area contributed by atoms with Crippen LogP contribution in [0.1, 0.15) is 0 Å². The number of halogens is 2. The van der Waals surface area contributed by atoms with E-state index in [1.807, 2.05) is 0 Å². The van der Waals surface area contributed by atoms with Gasteiger partial charge in [-0.1, -0.05) is 11.6 Å². The van der Waals surface area contributed by atoms with E-state index in [4.69, 9.17) is 11.6 Å². The van der Waals surface area contributed by atoms with E-state index in [0.29, 0.717) is 0 Å². The smallest absolute Gasteiger partial charge is 0.253 e. The van der Waals surface area contributed by atoms with Gasteiger partial charge in [0.15, 0.2) is 0 Å². The minimum Gasteiger partial charge on any atom is -0.253 e. The van der Waals surface area contributed by atoms with Gasteiger partial charge in [-0.2, -0.15) is 4.37 Å². The number of aromatic nitrogens is 2. The number of nitrogens with zero attached hydrogens (tertiary/aromatic N) is 2. The molecule has 17 heavy (non-hydrogen) atoms. The van der Waals surface area contributed by atoms with Crippen LogP contribution in [0, 0.1) is 5.82 Å². The first-order chi connectivity index (χ1) is 7.99. The highest BCUT2D eigenvalue weighted by molar-refractivity contribution is 7.93. The van der Waals surface area contributed by atoms with Gasteiger partial charge in [0.1, 0.15) is 12.1 Å². The molecule has 0 aliphatic carbocycles. The predicted molar refractivity (Wildman–Crippen MR) is 62.1 cm³/mol. The van der Waals surface area contributed by atoms with Gasteiger partial charge < -0.3 is 0 Å². The molecule has 1 aromatic carbocycles. The van der Waals surface area contributed by atoms with Crippen molar-refractivity contribution in [3.8, 4) is 0 Å². The highest BCUT2D eigenvalue weighted by Gasteiger charge is 2.17. The Balaban J connectivity index is 2.35. The van der Waals surface area contributed by atoms with Crippen molar-refractivity contribution in [3.05, 3.63) is 35.4 Å². The van der Waals surface area contributed by atoms with E-state index in [2.05, 4.69) is 14.1 Å². The van der Waals surface area contributed by atoms with Gasteiger partial charge in [0.2, 0.25) is 5.13 Å². The summed E-state index contributed by atoms with van der Waals surface area (Å²) < 4.78 is 42.4. The van der Waals surface area contributed by atoms with Gasteiger partial charge in [-0.15, -0.1) is 0 Å². The van der Waals surface area contributed by atoms with Crippen molar-refractivity contribution < 1.29 is 12.8 Å². The second kappa shape index (κ2) is 4.55. The second-order valence-corrected chi connectivity index (χ2v) is 5.80. The Bertz CT molecular complexity index is 630. The Morgan fingerprint density at radius 3 is 2.76 bits per heavy atom. The molecular weight excluding hydrogens is 289 g/mol. The topological polar surface area (TPSA) is 72.0 Å². The number of nitrogens with one attached hydrogen (secondary N) is 1. The molecule has 0 amide bonds. The summed E-state index contributed by atoms with van der Waals surface area (Å²) in [5, 5.41) is -0.129. The first kappa shape index (κ1) is 12.2. The fraction of sp³-hybridized carbons (Fsp3) is 0. The third kappa shape index (κ3) is 2.71. The molecule has 0 aliphatic rings. The van der Waals surface area contributed by atoms with Crippen LogP contribution in [-0.2, 0) is 10.0 Å². The van der Waals surface area contributed by atoms with Crippen LogP contribution in [0.4, 0.5) is 9.52 Å². The van der Waals surface area contributed by atoms with Crippen molar-refractivity contribution in [2.24, 2.45) is 0 Å². The van der Waals surface area contributed by atoms with E-state index < -0.39 is 15.8 Å². The highest BCUT2D eigenvalue weighted by atomic mass is 35.5. The lowest BCUT2D eigenvalue weighted by Crippen LogP contribution is -2.12. The minimum atomic E-state index is -3.82. The average Bonchev–Trinajstić information content (AvgIpc) is 2.73. The molecule has 0 unspecified atom stereocenters. The van der Waals surface area contributed by atoms with Crippen LogP contribution < -0.4 is 4.72 Å². The summed E-state index contributed by atoms with van der Waals surface area (Å²) in [5.74, 6) is -0.679. The van der Waals surface area contributed by atoms with Crippen molar-refractivity contribution in [2.45, 2.75) is 4.90 Å². The summed E-state index contributed by atoms with van der Waals surface area (Å²) in [5.41, 5.74) is 0. The zero-order valence-corrected chi connectivity index (χ0v) is 10.5. The molecule has 0 radical (unpaired) electrons. The standard InChI is InChI=1S/C8H5ClFN3O2S2/c9-6-3-5(1-2-7(6)10)17(14,15)13-8-11-4-12-16-8/h1-4H,(H,11,12,13). The zero-order chi connectivity index (χ0) is 12.5. The Morgan fingerprint density at radius 1 is 1.41 bits per heavy atom. The van der Waals surface area contributed by atoms with Crippen LogP contribution in [-0.4, -0.2) is 17.8 Å². The molecule has 0 aliphatic heterocycles. The Labute approximate surface area is 105 Å². The van der Waals surface area contributed by atoms with Crippen LogP contribution in [0.3, 0.4) is 0 Å². The molecule has 0 spiro atoms. The maximum atomic E-state index is 12.9. The van der Waals surface area contributed by atoms with Crippen molar-refractivity contribution in [1.82, 2.24) is 9.36 Å². The van der Waals surface area contributed by atoms with Gasteiger partial charge in [-0.05, 0) is 18.2 Å². The molecule has 5 nitrogen and oxygen atoms in total. The molecular formula is C8H5ClFN3O2S2. The number of hydrogen-bond acceptors (Lipinski definition) is 5. The van der Waals surface area contributed by atoms with Gasteiger partial charge >= 0.3 is 0 Å². The maximum absolute atomic E-state index is 12.9. The van der Waals surface area contributed by atoms with E-state index in [0.717, 1.165) is 29.7 Å². The van der Waals surface area contributed by atoms with E-state index >= 15 is 0 Å². The van der Waals surface area contributed by atoms with Gasteiger partial charge in [0, 0.05) is 11.5 Å². The molecule has 90 valence electrons. The van der Waals surface area contributed by atoms with Crippen LogP contribution >= 0.6 is 23.1 Å². The van der Waals surface area contributed by atoms with Crippen molar-refractivity contribution >= 4 is 38.3 Å². The molecule has 0 saturated carbocycles. The van der Waals surface area contributed by atoms with Gasteiger partial charge in [0.25, 0.3) is 10.0 Å². The summed E-state index contributed by atoms with van der Waals surface area (Å²) in [6.07, 6.45) is 1.22. The third-order valence-electron chi connectivity index (χ3n) is 1.78. The van der Waals surface area contributed by atoms with Crippen LogP contribution in [0.2, 0.25) is 5.02 Å². The van der Waals surface area contributed by atoms with E-state index in [1.165, 1.54) is 6.33 Å². The fourth-order valence-corrected chi connectivity index (χ4v) is 2.97. The summed E-state index contributed by atoms with van der Waals surface area (Å²) in [7, 11) is -3.82. The predicted octanol–water partition coefficient (Wildman–Crippen LogP) is 2.13. The zero-order valence-electron chi connectivity index (χ0n) is 8.09. The summed E-state index contributed by atoms with van der Waals surface area (Å²) >= 11 is 6.40. The summed E-state index contributed by atoms with van der Waals surface area (Å²) in [4.78, 5) is 3.54. The number of hydrogen-bond donors (Lipinski definition) is 1. The third-order valence-corrected chi connectivity index (χ3v) is 4.12. The van der Waals surface area contributed by atoms with Crippen LogP contribution in [0.15, 0.2) is 29.4 Å². The first-order valence-corrected chi connectivity index (χ1v) is 6.87. The second-order valence-electron chi connectivity index (χ2n) is 2.93. The van der Waals surface area contributed by atoms with Crippen molar-refractivity contribution in [2.75, 3.05) is 4.72 Å². The monoisotopic (exact) mass is 293 g/mol. The number of benzene rings is 1. The summed E-state index contributed by atoms with van der Waals surface area (Å²) in [6.45, 7) is 0. The molecule has 1 aromatic heterocycles. The number of anilines is 1. The highest BCUT2D eigenvalue weighted by Crippen LogP contribution is 2.21. The lowest BCUT2D eigenvalue weighted by Gasteiger charge is -2.05. The molecule has 0 atom stereocenters. The van der Waals surface area contributed by atoms with Crippen LogP contribution in [0.5, 0.6) is 0 Å². The normalized spacial score (nSPS) is 11.4. The Kier molecular flexibility index (Phi) is 3.27. The first-order valence-electron chi connectivity index (χ1n) is 4.23. The minimum absolute atomic E-state index is 0.130. The maximum Gasteiger partial charge on any atom is 0.263 e. The Hall–Kier alpha value is -1.25. The van der Waals surface area contributed by atoms with E-state index in [1.54, 1.807) is 0 Å². The molecule has 0 fully saturated rings. The molecule has 1 N–H and O–H groups in total. The number of sulfonamides is 1. The molecule has 0 bridgehead atoms. The van der Waals surface area contributed by atoms with Gasteiger partial charge in [0.05, 0.1) is 9.92 Å². The quantitative estimate of drug-likeness (QED) is 0.941. The van der Waals surface area contributed by atoms with E-state index in [-0.39, 0.29) is 15.0 Å². The largest absolute Gasteiger partial charge is 0.263 e. The molecule has 2 rings (SSSR count). The molecule has 0 saturated heterocycles. The lowest BCUT2D eigenvalue weighted by molar-refractivity contribution is 0.599. The van der Waals surface area contributed by atoms with Crippen LogP contribution in [0.25, 0.3) is 0 Å². The van der Waals surface area contributed by atoms with Gasteiger partial charge in [-0.3, -0.25) is 4.72 Å². The van der Waals surface area contributed by atoms with Crippen molar-refractivity contribution in [3.63, 3.8) is 0 Å². The molecule has 1 heterocycles. The summed E-state index contributed by atoms with van der Waals surface area (Å²) in [6, 6.07) is 3.13. The molecule has 2 aromatic rings.